The molecular weight excluding hydrogens is 727 g/mol. The van der Waals surface area contributed by atoms with Crippen LogP contribution in [0.3, 0.4) is 0 Å². The van der Waals surface area contributed by atoms with Crippen molar-refractivity contribution in [3.8, 4) is 11.5 Å². The number of aryl methyl sites for hydroxylation is 6. The third-order valence-corrected chi connectivity index (χ3v) is 11.3. The molecule has 2 aromatic carbocycles. The molecule has 4 rings (SSSR count). The van der Waals surface area contributed by atoms with Crippen LogP contribution in [0, 0.1) is 13.8 Å². The van der Waals surface area contributed by atoms with Gasteiger partial charge in [-0.15, -0.1) is 0 Å². The molecule has 0 bridgehead atoms. The first kappa shape index (κ1) is 40.6. The topological polar surface area (TPSA) is 92.0 Å². The summed E-state index contributed by atoms with van der Waals surface area (Å²) in [6.07, 6.45) is 16.3. The number of aromatic hydroxyl groups is 2. The predicted octanol–water partition coefficient (Wildman–Crippen LogP) is 7.50. The van der Waals surface area contributed by atoms with Crippen LogP contribution in [-0.2, 0) is 50.9 Å². The van der Waals surface area contributed by atoms with Crippen molar-refractivity contribution >= 4 is 53.6 Å². The fourth-order valence-electron chi connectivity index (χ4n) is 4.91. The van der Waals surface area contributed by atoms with Gasteiger partial charge in [-0.2, -0.15) is 0 Å². The summed E-state index contributed by atoms with van der Waals surface area (Å²) >= 11 is 8.35. The van der Waals surface area contributed by atoms with Crippen molar-refractivity contribution in [1.82, 2.24) is 19.9 Å². The summed E-state index contributed by atoms with van der Waals surface area (Å²) in [5, 5.41) is 22.5. The van der Waals surface area contributed by atoms with E-state index in [1.807, 2.05) is 26.0 Å². The summed E-state index contributed by atoms with van der Waals surface area (Å²) < 4.78 is 2.90. The quantitative estimate of drug-likeness (QED) is 0.0773. The Morgan fingerprint density at radius 2 is 0.851 bits per heavy atom. The van der Waals surface area contributed by atoms with Gasteiger partial charge in [-0.1, -0.05) is 0 Å². The number of nitrogens with zero attached hydrogens (tertiary/aromatic N) is 4. The Morgan fingerprint density at radius 3 is 1.06 bits per heavy atom. The van der Waals surface area contributed by atoms with Gasteiger partial charge in [0.15, 0.2) is 0 Å². The molecule has 9 heteroatoms. The summed E-state index contributed by atoms with van der Waals surface area (Å²) in [5.41, 5.74) is 6.41. The Balaban J connectivity index is 0.000000386. The Hall–Kier alpha value is -2.56. The van der Waals surface area contributed by atoms with E-state index in [0.29, 0.717) is 21.8 Å². The van der Waals surface area contributed by atoms with Gasteiger partial charge in [-0.05, 0) is 26.0 Å². The predicted molar refractivity (Wildman–Crippen MR) is 200 cm³/mol. The zero-order chi connectivity index (χ0) is 34.6. The average Bonchev–Trinajstić information content (AvgIpc) is 3.04. The number of phenols is 2. The van der Waals surface area contributed by atoms with Crippen LogP contribution in [0.15, 0.2) is 59.1 Å². The minimum Gasteiger partial charge on any atom is -0.740 e. The molecule has 4 aromatic rings. The molecule has 0 atom stereocenters. The van der Waals surface area contributed by atoms with Crippen LogP contribution >= 0.6 is 0 Å². The largest absolute Gasteiger partial charge is 0.740 e. The van der Waals surface area contributed by atoms with Gasteiger partial charge in [0.2, 0.25) is 0 Å². The number of hydrogen-bond donors (Lipinski definition) is 2. The van der Waals surface area contributed by atoms with E-state index < -0.39 is 21.1 Å². The molecule has 0 unspecified atom stereocenters. The molecule has 0 aliphatic heterocycles. The number of phenolic OH excluding ortho intramolecular Hbond substituents is 2. The SMILES string of the molecule is CCCCc1c[c]([Sn+2][c]2cc(CCCC)c(O)c(CCCC)c2)cc(CCCC)c1O.Cc1ccnc([S-])n1.Cc1ccnc([S-])n1. The molecular formula is C38H52N4O2S2Sn. The molecule has 0 amide bonds. The minimum absolute atomic E-state index is 0.421. The standard InChI is InChI=1S/2C14H21O.2C5H6N2S.Sn/c2*1-3-5-8-12-10-7-11-13(14(12)15)9-6-4-2;2*1-4-2-3-6-5(8)7-4;/h2*10-11,15H,3-6,8-9H2,1-2H3;2*2-3H,1H3,(H,6,7,8);/q;;;;+2/p-2. The number of aromatic nitrogens is 4. The molecule has 0 fully saturated rings. The molecule has 0 aliphatic rings. The molecule has 2 heterocycles. The van der Waals surface area contributed by atoms with Crippen LogP contribution in [0.2, 0.25) is 0 Å². The van der Waals surface area contributed by atoms with E-state index in [1.54, 1.807) is 12.4 Å². The van der Waals surface area contributed by atoms with Crippen LogP contribution < -0.4 is 7.16 Å². The summed E-state index contributed by atoms with van der Waals surface area (Å²) in [7, 11) is 0. The van der Waals surface area contributed by atoms with Gasteiger partial charge in [-0.3, -0.25) is 19.9 Å². The van der Waals surface area contributed by atoms with Crippen molar-refractivity contribution in [2.24, 2.45) is 0 Å². The summed E-state index contributed by atoms with van der Waals surface area (Å²) in [6.45, 7) is 12.6. The van der Waals surface area contributed by atoms with Crippen LogP contribution in [-0.4, -0.2) is 51.3 Å². The second-order valence-electron chi connectivity index (χ2n) is 11.8. The third-order valence-electron chi connectivity index (χ3n) is 7.57. The minimum atomic E-state index is -1.01. The second-order valence-corrected chi connectivity index (χ2v) is 16.5. The van der Waals surface area contributed by atoms with E-state index in [9.17, 15) is 10.2 Å². The Labute approximate surface area is 304 Å². The first-order valence-electron chi connectivity index (χ1n) is 17.0. The molecule has 47 heavy (non-hydrogen) atoms. The van der Waals surface area contributed by atoms with Gasteiger partial charge in [0.1, 0.15) is 0 Å². The van der Waals surface area contributed by atoms with Gasteiger partial charge >= 0.3 is 201 Å². The third kappa shape index (κ3) is 15.5. The van der Waals surface area contributed by atoms with E-state index in [0.717, 1.165) is 111 Å². The second kappa shape index (κ2) is 22.9. The fraction of sp³-hybridized carbons (Fsp3) is 0.474. The first-order valence-corrected chi connectivity index (χ1v) is 20.7. The van der Waals surface area contributed by atoms with Crippen molar-refractivity contribution in [1.29, 1.82) is 0 Å². The normalized spacial score (nSPS) is 10.3. The Kier molecular flexibility index (Phi) is 19.8. The van der Waals surface area contributed by atoms with Gasteiger partial charge < -0.3 is 25.3 Å². The van der Waals surface area contributed by atoms with Crippen molar-refractivity contribution in [3.05, 3.63) is 82.4 Å². The number of unbranched alkanes of at least 4 members (excludes halogenated alkanes) is 4. The van der Waals surface area contributed by atoms with E-state index in [2.05, 4.69) is 97.2 Å². The monoisotopic (exact) mass is 780 g/mol. The molecule has 252 valence electrons. The van der Waals surface area contributed by atoms with Crippen molar-refractivity contribution in [2.45, 2.75) is 129 Å². The van der Waals surface area contributed by atoms with Crippen LogP contribution in [0.4, 0.5) is 0 Å². The van der Waals surface area contributed by atoms with Gasteiger partial charge in [0.05, 0.1) is 0 Å². The van der Waals surface area contributed by atoms with Crippen molar-refractivity contribution in [3.63, 3.8) is 0 Å². The van der Waals surface area contributed by atoms with E-state index in [4.69, 9.17) is 0 Å². The number of rotatable bonds is 14. The summed E-state index contributed by atoms with van der Waals surface area (Å²) in [4.78, 5) is 15.2. The molecule has 0 saturated heterocycles. The molecule has 0 saturated carbocycles. The summed E-state index contributed by atoms with van der Waals surface area (Å²) in [6, 6.07) is 12.8. The molecule has 2 N–H and O–H groups in total. The van der Waals surface area contributed by atoms with E-state index in [-0.39, 0.29) is 0 Å². The Bertz CT molecular complexity index is 1300. The first-order chi connectivity index (χ1) is 22.6. The zero-order valence-electron chi connectivity index (χ0n) is 29.1. The van der Waals surface area contributed by atoms with Crippen molar-refractivity contribution in [2.75, 3.05) is 0 Å². The van der Waals surface area contributed by atoms with E-state index >= 15 is 0 Å². The molecule has 0 spiro atoms. The average molecular weight is 780 g/mol. The summed E-state index contributed by atoms with van der Waals surface area (Å²) in [5.74, 6) is 1.09. The molecule has 6 nitrogen and oxygen atoms in total. The maximum atomic E-state index is 10.8. The molecule has 2 aromatic heterocycles. The van der Waals surface area contributed by atoms with Crippen LogP contribution in [0.1, 0.15) is 113 Å². The zero-order valence-corrected chi connectivity index (χ0v) is 33.6. The van der Waals surface area contributed by atoms with Gasteiger partial charge in [0, 0.05) is 34.1 Å². The maximum Gasteiger partial charge on any atom is 0.0387 e. The number of hydrogen-bond acceptors (Lipinski definition) is 8. The maximum absolute atomic E-state index is 10.8. The molecule has 0 aliphatic carbocycles. The number of benzene rings is 2. The van der Waals surface area contributed by atoms with Gasteiger partial charge in [0.25, 0.3) is 0 Å². The smallest absolute Gasteiger partial charge is 0.0387 e. The van der Waals surface area contributed by atoms with Gasteiger partial charge in [-0.25, -0.2) is 0 Å². The van der Waals surface area contributed by atoms with Crippen LogP contribution in [0.5, 0.6) is 11.5 Å². The molecule has 0 radical (unpaired) electrons. The van der Waals surface area contributed by atoms with E-state index in [1.165, 1.54) is 7.16 Å². The fourth-order valence-corrected chi connectivity index (χ4v) is 9.09. The Morgan fingerprint density at radius 1 is 0.553 bits per heavy atom. The van der Waals surface area contributed by atoms with Crippen LogP contribution in [0.25, 0.3) is 0 Å². The van der Waals surface area contributed by atoms with Crippen molar-refractivity contribution < 1.29 is 10.2 Å².